The summed E-state index contributed by atoms with van der Waals surface area (Å²) in [5.74, 6) is -1.09. The lowest BCUT2D eigenvalue weighted by molar-refractivity contribution is 0.0697. The maximum Gasteiger partial charge on any atom is 0.335 e. The van der Waals surface area contributed by atoms with Crippen LogP contribution in [0.15, 0.2) is 39.5 Å². The van der Waals surface area contributed by atoms with Gasteiger partial charge < -0.3 is 14.6 Å². The van der Waals surface area contributed by atoms with E-state index in [-0.39, 0.29) is 16.4 Å². The van der Waals surface area contributed by atoms with Crippen molar-refractivity contribution in [3.8, 4) is 0 Å². The number of carboxylic acid groups (broad SMARTS) is 1. The van der Waals surface area contributed by atoms with Crippen molar-refractivity contribution in [1.29, 1.82) is 0 Å². The fourth-order valence-corrected chi connectivity index (χ4v) is 3.71. The van der Waals surface area contributed by atoms with Gasteiger partial charge in [-0.05, 0) is 61.2 Å². The Balaban J connectivity index is 2.05. The number of carboxylic acids is 1. The van der Waals surface area contributed by atoms with Crippen LogP contribution in [0.3, 0.4) is 0 Å². The number of hydrogen-bond acceptors (Lipinski definition) is 4. The monoisotopic (exact) mass is 396 g/mol. The van der Waals surface area contributed by atoms with Gasteiger partial charge in [-0.25, -0.2) is 4.79 Å². The fraction of sp³-hybridized carbons (Fsp3) is 0.417. The molecule has 0 saturated heterocycles. The van der Waals surface area contributed by atoms with Crippen LogP contribution < -0.4 is 5.43 Å². The average molecular weight is 396 g/mol. The van der Waals surface area contributed by atoms with Crippen molar-refractivity contribution in [3.63, 3.8) is 0 Å². The molecule has 2 N–H and O–H groups in total. The third-order valence-electron chi connectivity index (χ3n) is 5.40. The first kappa shape index (κ1) is 21.1. The predicted molar refractivity (Wildman–Crippen MR) is 115 cm³/mol. The van der Waals surface area contributed by atoms with Crippen LogP contribution in [0.4, 0.5) is 0 Å². The second-order valence-electron chi connectivity index (χ2n) is 7.70. The summed E-state index contributed by atoms with van der Waals surface area (Å²) in [6, 6.07) is 7.90. The minimum atomic E-state index is -1.09. The van der Waals surface area contributed by atoms with Gasteiger partial charge >= 0.3 is 5.97 Å². The van der Waals surface area contributed by atoms with Crippen LogP contribution in [0.25, 0.3) is 21.9 Å². The molecule has 3 aromatic rings. The topological polar surface area (TPSA) is 87.7 Å². The van der Waals surface area contributed by atoms with Gasteiger partial charge in [-0.3, -0.25) is 4.79 Å². The first-order valence-corrected chi connectivity index (χ1v) is 10.4. The van der Waals surface area contributed by atoms with Gasteiger partial charge in [0, 0.05) is 0 Å². The summed E-state index contributed by atoms with van der Waals surface area (Å²) in [6.07, 6.45) is 7.04. The molecule has 0 saturated carbocycles. The molecule has 1 atom stereocenters. The molecule has 2 aromatic carbocycles. The molecule has 0 aliphatic heterocycles. The van der Waals surface area contributed by atoms with Crippen LogP contribution in [0.2, 0.25) is 0 Å². The van der Waals surface area contributed by atoms with Crippen molar-refractivity contribution in [2.45, 2.75) is 64.9 Å². The number of rotatable bonds is 9. The Labute approximate surface area is 170 Å². The lowest BCUT2D eigenvalue weighted by atomic mass is 9.97. The fourth-order valence-electron chi connectivity index (χ4n) is 3.71. The Morgan fingerprint density at radius 1 is 1.03 bits per heavy atom. The van der Waals surface area contributed by atoms with E-state index in [4.69, 9.17) is 4.42 Å². The molecule has 3 rings (SSSR count). The van der Waals surface area contributed by atoms with Gasteiger partial charge in [0.25, 0.3) is 0 Å². The Bertz CT molecular complexity index is 1080. The molecule has 0 radical (unpaired) electrons. The van der Waals surface area contributed by atoms with E-state index < -0.39 is 12.1 Å². The largest absolute Gasteiger partial charge is 0.478 e. The van der Waals surface area contributed by atoms with E-state index in [0.29, 0.717) is 22.1 Å². The highest BCUT2D eigenvalue weighted by Gasteiger charge is 2.16. The highest BCUT2D eigenvalue weighted by atomic mass is 16.4. The lowest BCUT2D eigenvalue weighted by Gasteiger charge is -2.12. The van der Waals surface area contributed by atoms with Crippen molar-refractivity contribution in [2.75, 3.05) is 0 Å². The molecule has 0 aliphatic carbocycles. The van der Waals surface area contributed by atoms with Gasteiger partial charge in [0.1, 0.15) is 11.2 Å². The zero-order valence-corrected chi connectivity index (χ0v) is 17.0. The Morgan fingerprint density at radius 2 is 1.76 bits per heavy atom. The smallest absolute Gasteiger partial charge is 0.335 e. The Morgan fingerprint density at radius 3 is 2.45 bits per heavy atom. The summed E-state index contributed by atoms with van der Waals surface area (Å²) < 4.78 is 6.05. The van der Waals surface area contributed by atoms with Crippen molar-refractivity contribution in [2.24, 2.45) is 0 Å². The van der Waals surface area contributed by atoms with Gasteiger partial charge in [-0.15, -0.1) is 0 Å². The van der Waals surface area contributed by atoms with Crippen LogP contribution in [-0.2, 0) is 6.42 Å². The third-order valence-corrected chi connectivity index (χ3v) is 5.40. The first-order valence-electron chi connectivity index (χ1n) is 10.4. The number of aromatic carboxylic acids is 1. The number of benzene rings is 2. The lowest BCUT2D eigenvalue weighted by Crippen LogP contribution is -2.07. The molecule has 0 bridgehead atoms. The van der Waals surface area contributed by atoms with Gasteiger partial charge in [0.2, 0.25) is 5.43 Å². The molecule has 0 amide bonds. The number of carbonyl (C=O) groups is 1. The molecule has 1 aromatic heterocycles. The van der Waals surface area contributed by atoms with Gasteiger partial charge in [0.15, 0.2) is 0 Å². The van der Waals surface area contributed by atoms with E-state index in [2.05, 4.69) is 6.92 Å². The molecule has 5 heteroatoms. The maximum atomic E-state index is 13.1. The van der Waals surface area contributed by atoms with Crippen LogP contribution >= 0.6 is 0 Å². The summed E-state index contributed by atoms with van der Waals surface area (Å²) in [7, 11) is 0. The quantitative estimate of drug-likeness (QED) is 0.363. The molecule has 154 valence electrons. The normalized spacial score (nSPS) is 12.5. The van der Waals surface area contributed by atoms with E-state index in [1.54, 1.807) is 13.0 Å². The standard InChI is InChI=1S/C24H28O5/c1-3-4-5-6-7-8-9-16-12-18(15(2)25)14-20-22(26)19-13-17(24(27)28)10-11-21(19)29-23(16)20/h10-15,25H,3-9H2,1-2H3,(H,27,28). The van der Waals surface area contributed by atoms with E-state index in [9.17, 15) is 19.8 Å². The summed E-state index contributed by atoms with van der Waals surface area (Å²) in [6.45, 7) is 3.86. The van der Waals surface area contributed by atoms with Gasteiger partial charge in [-0.1, -0.05) is 39.0 Å². The summed E-state index contributed by atoms with van der Waals surface area (Å²) in [4.78, 5) is 24.4. The van der Waals surface area contributed by atoms with E-state index in [1.165, 1.54) is 43.9 Å². The minimum absolute atomic E-state index is 0.0446. The van der Waals surface area contributed by atoms with Gasteiger partial charge in [-0.2, -0.15) is 0 Å². The molecule has 0 aliphatic rings. The second kappa shape index (κ2) is 9.23. The molecular formula is C24H28O5. The SMILES string of the molecule is CCCCCCCCc1cc(C(C)O)cc2c(=O)c3cc(C(=O)O)ccc3oc12. The van der Waals surface area contributed by atoms with Crippen LogP contribution in [0.5, 0.6) is 0 Å². The number of fused-ring (bicyclic) bond motifs is 2. The zero-order valence-electron chi connectivity index (χ0n) is 17.0. The molecule has 5 nitrogen and oxygen atoms in total. The summed E-state index contributed by atoms with van der Waals surface area (Å²) >= 11 is 0. The highest BCUT2D eigenvalue weighted by molar-refractivity contribution is 5.96. The number of aliphatic hydroxyl groups is 1. The molecule has 0 spiro atoms. The van der Waals surface area contributed by atoms with Crippen LogP contribution in [0, 0.1) is 0 Å². The first-order chi connectivity index (χ1) is 13.9. The summed E-state index contributed by atoms with van der Waals surface area (Å²) in [5, 5.41) is 19.9. The zero-order chi connectivity index (χ0) is 21.0. The molecular weight excluding hydrogens is 368 g/mol. The number of aliphatic hydroxyl groups excluding tert-OH is 1. The van der Waals surface area contributed by atoms with E-state index in [0.717, 1.165) is 24.8 Å². The summed E-state index contributed by atoms with van der Waals surface area (Å²) in [5.41, 5.74) is 2.26. The van der Waals surface area contributed by atoms with Gasteiger partial charge in [0.05, 0.1) is 22.4 Å². The number of unbranched alkanes of at least 4 members (excludes halogenated alkanes) is 5. The van der Waals surface area contributed by atoms with Crippen molar-refractivity contribution in [3.05, 3.63) is 57.2 Å². The molecule has 1 heterocycles. The predicted octanol–water partition coefficient (Wildman–Crippen LogP) is 5.60. The minimum Gasteiger partial charge on any atom is -0.478 e. The highest BCUT2D eigenvalue weighted by Crippen LogP contribution is 2.28. The van der Waals surface area contributed by atoms with Crippen molar-refractivity contribution < 1.29 is 19.4 Å². The van der Waals surface area contributed by atoms with E-state index in [1.807, 2.05) is 6.07 Å². The number of aryl methyl sites for hydroxylation is 1. The molecule has 29 heavy (non-hydrogen) atoms. The van der Waals surface area contributed by atoms with Crippen LogP contribution in [-0.4, -0.2) is 16.2 Å². The maximum absolute atomic E-state index is 13.1. The number of hydrogen-bond donors (Lipinski definition) is 2. The van der Waals surface area contributed by atoms with Crippen molar-refractivity contribution >= 4 is 27.9 Å². The Hall–Kier alpha value is -2.66. The van der Waals surface area contributed by atoms with E-state index >= 15 is 0 Å². The molecule has 1 unspecified atom stereocenters. The van der Waals surface area contributed by atoms with Crippen LogP contribution in [0.1, 0.15) is 80.0 Å². The Kier molecular flexibility index (Phi) is 6.70. The second-order valence-corrected chi connectivity index (χ2v) is 7.70. The third kappa shape index (κ3) is 4.67. The van der Waals surface area contributed by atoms with Crippen molar-refractivity contribution in [1.82, 2.24) is 0 Å². The average Bonchev–Trinajstić information content (AvgIpc) is 2.70. The molecule has 0 fully saturated rings.